The molecule has 170 valence electrons. The van der Waals surface area contributed by atoms with E-state index in [1.165, 1.54) is 11.7 Å². The van der Waals surface area contributed by atoms with Crippen molar-refractivity contribution in [3.8, 4) is 23.0 Å². The standard InChI is InChI=1S/C24H23N3O6/c1-15-12-22-26-24(28)17(23(25)27(22)33-15)13-16-8-9-20(21(14-16)30-3)32-11-10-31-19-7-5-4-6-18(19)29-2/h4-9,12-14,25H,1,10-11H2,2-3H3,(H,26,28)/b17-13-,25-23?. The summed E-state index contributed by atoms with van der Waals surface area (Å²) < 4.78 is 28.8. The van der Waals surface area contributed by atoms with Crippen LogP contribution in [0.25, 0.3) is 18.3 Å². The van der Waals surface area contributed by atoms with Crippen LogP contribution in [0.15, 0.2) is 57.8 Å². The molecule has 0 aliphatic heterocycles. The first kappa shape index (κ1) is 21.8. The Labute approximate surface area is 188 Å². The molecule has 9 heteroatoms. The molecule has 0 saturated heterocycles. The van der Waals surface area contributed by atoms with Gasteiger partial charge in [-0.05, 0) is 35.9 Å². The van der Waals surface area contributed by atoms with Crippen molar-refractivity contribution in [1.82, 2.24) is 9.56 Å². The second kappa shape index (κ2) is 9.39. The molecule has 2 aromatic heterocycles. The minimum Gasteiger partial charge on any atom is -0.493 e. The Morgan fingerprint density at radius 2 is 1.67 bits per heavy atom. The van der Waals surface area contributed by atoms with Crippen molar-refractivity contribution >= 4 is 18.3 Å². The molecule has 0 bridgehead atoms. The third kappa shape index (κ3) is 4.62. The molecule has 0 saturated carbocycles. The molecule has 0 radical (unpaired) electrons. The second-order valence-electron chi connectivity index (χ2n) is 7.00. The maximum atomic E-state index is 12.5. The zero-order chi connectivity index (χ0) is 23.4. The average Bonchev–Trinajstić information content (AvgIpc) is 3.20. The number of nitrogens with zero attached hydrogens (tertiary/aromatic N) is 1. The van der Waals surface area contributed by atoms with Gasteiger partial charge in [0.2, 0.25) is 0 Å². The summed E-state index contributed by atoms with van der Waals surface area (Å²) in [5.74, 6) is 2.29. The molecule has 0 unspecified atom stereocenters. The minimum atomic E-state index is -0.409. The van der Waals surface area contributed by atoms with E-state index >= 15 is 0 Å². The van der Waals surface area contributed by atoms with Crippen LogP contribution >= 0.6 is 0 Å². The number of ether oxygens (including phenoxy) is 4. The van der Waals surface area contributed by atoms with Gasteiger partial charge in [0.25, 0.3) is 5.56 Å². The van der Waals surface area contributed by atoms with Crippen molar-refractivity contribution in [3.63, 3.8) is 0 Å². The Bertz CT molecular complexity index is 1520. The summed E-state index contributed by atoms with van der Waals surface area (Å²) in [7, 11) is 3.11. The molecule has 2 heterocycles. The van der Waals surface area contributed by atoms with Crippen molar-refractivity contribution in [3.05, 3.63) is 80.6 Å². The summed E-state index contributed by atoms with van der Waals surface area (Å²) in [6.07, 6.45) is 1.58. The topological polar surface area (TPSA) is 111 Å². The molecule has 0 aliphatic carbocycles. The van der Waals surface area contributed by atoms with E-state index < -0.39 is 5.56 Å². The van der Waals surface area contributed by atoms with Gasteiger partial charge >= 0.3 is 0 Å². The minimum absolute atomic E-state index is 0.0866. The lowest BCUT2D eigenvalue weighted by Gasteiger charge is -2.13. The third-order valence-electron chi connectivity index (χ3n) is 4.84. The third-order valence-corrected chi connectivity index (χ3v) is 4.84. The summed E-state index contributed by atoms with van der Waals surface area (Å²) >= 11 is 0. The van der Waals surface area contributed by atoms with Crippen LogP contribution in [-0.4, -0.2) is 37.0 Å². The molecular formula is C24H23N3O6. The molecule has 0 amide bonds. The number of hydrogen-bond donors (Lipinski definition) is 2. The Balaban J connectivity index is 1.53. The summed E-state index contributed by atoms with van der Waals surface area (Å²) in [5.41, 5.74) is 0.868. The molecule has 9 nitrogen and oxygen atoms in total. The van der Waals surface area contributed by atoms with Crippen LogP contribution in [0.3, 0.4) is 0 Å². The lowest BCUT2D eigenvalue weighted by atomic mass is 10.1. The summed E-state index contributed by atoms with van der Waals surface area (Å²) in [6.45, 7) is 4.28. The lowest BCUT2D eigenvalue weighted by Crippen LogP contribution is -2.44. The summed E-state index contributed by atoms with van der Waals surface area (Å²) in [4.78, 5) is 15.1. The predicted octanol–water partition coefficient (Wildman–Crippen LogP) is 1.41. The van der Waals surface area contributed by atoms with Crippen molar-refractivity contribution in [2.75, 3.05) is 27.4 Å². The molecule has 0 spiro atoms. The van der Waals surface area contributed by atoms with Gasteiger partial charge in [-0.2, -0.15) is 0 Å². The summed E-state index contributed by atoms with van der Waals surface area (Å²) in [6, 6.07) is 14.1. The first-order valence-electron chi connectivity index (χ1n) is 10.1. The number of aromatic amines is 1. The van der Waals surface area contributed by atoms with Crippen molar-refractivity contribution < 1.29 is 23.5 Å². The lowest BCUT2D eigenvalue weighted by molar-refractivity contribution is 0.206. The average molecular weight is 449 g/mol. The smallest absolute Gasteiger partial charge is 0.260 e. The van der Waals surface area contributed by atoms with E-state index in [0.717, 1.165) is 0 Å². The first-order valence-corrected chi connectivity index (χ1v) is 10.1. The number of fused-ring (bicyclic) bond motifs is 1. The zero-order valence-electron chi connectivity index (χ0n) is 18.2. The van der Waals surface area contributed by atoms with E-state index in [9.17, 15) is 4.79 Å². The molecule has 4 rings (SSSR count). The Morgan fingerprint density at radius 3 is 2.36 bits per heavy atom. The number of hydrogen-bond acceptors (Lipinski definition) is 7. The van der Waals surface area contributed by atoms with Gasteiger partial charge in [-0.1, -0.05) is 24.8 Å². The highest BCUT2D eigenvalue weighted by Crippen LogP contribution is 2.29. The van der Waals surface area contributed by atoms with Gasteiger partial charge in [0.15, 0.2) is 39.5 Å². The van der Waals surface area contributed by atoms with Crippen LogP contribution in [0, 0.1) is 5.41 Å². The monoisotopic (exact) mass is 449 g/mol. The van der Waals surface area contributed by atoms with E-state index in [1.54, 1.807) is 37.5 Å². The molecular weight excluding hydrogens is 426 g/mol. The molecule has 0 atom stereocenters. The van der Waals surface area contributed by atoms with Crippen LogP contribution in [0.1, 0.15) is 5.56 Å². The molecule has 2 N–H and O–H groups in total. The van der Waals surface area contributed by atoms with Crippen molar-refractivity contribution in [2.24, 2.45) is 0 Å². The summed E-state index contributed by atoms with van der Waals surface area (Å²) in [5, 5.41) is 8.45. The van der Waals surface area contributed by atoms with Gasteiger partial charge in [0.05, 0.1) is 19.4 Å². The van der Waals surface area contributed by atoms with Gasteiger partial charge in [0, 0.05) is 6.07 Å². The van der Waals surface area contributed by atoms with Crippen LogP contribution < -0.4 is 40.6 Å². The fraction of sp³-hybridized carbons (Fsp3) is 0.167. The number of nitrogens with one attached hydrogen (secondary N) is 2. The van der Waals surface area contributed by atoms with Crippen molar-refractivity contribution in [1.29, 1.82) is 5.41 Å². The molecule has 2 aromatic carbocycles. The Morgan fingerprint density at radius 1 is 1.00 bits per heavy atom. The normalized spacial score (nSPS) is 11.5. The van der Waals surface area contributed by atoms with Crippen LogP contribution in [0.5, 0.6) is 23.0 Å². The first-order chi connectivity index (χ1) is 16.0. The van der Waals surface area contributed by atoms with Crippen LogP contribution in [0.4, 0.5) is 0 Å². The Kier molecular flexibility index (Phi) is 6.21. The highest BCUT2D eigenvalue weighted by molar-refractivity contribution is 5.56. The van der Waals surface area contributed by atoms with Gasteiger partial charge in [-0.3, -0.25) is 10.2 Å². The van der Waals surface area contributed by atoms with E-state index in [1.807, 2.05) is 24.3 Å². The zero-order valence-corrected chi connectivity index (χ0v) is 18.2. The van der Waals surface area contributed by atoms with Gasteiger partial charge in [-0.25, -0.2) is 0 Å². The fourth-order valence-electron chi connectivity index (χ4n) is 3.29. The number of para-hydroxylation sites is 2. The largest absolute Gasteiger partial charge is 0.493 e. The predicted molar refractivity (Wildman–Crippen MR) is 121 cm³/mol. The highest BCUT2D eigenvalue weighted by atomic mass is 16.5. The van der Waals surface area contributed by atoms with E-state index in [-0.39, 0.29) is 17.3 Å². The molecule has 0 fully saturated rings. The SMILES string of the molecule is C=c1cc2[nH]c(=O)/c(=C\c3ccc(OCCOc4ccccc4OC)c(OC)c3)c(=N)n2o1. The Hall–Kier alpha value is -4.40. The van der Waals surface area contributed by atoms with Gasteiger partial charge < -0.3 is 28.5 Å². The maximum absolute atomic E-state index is 12.5. The molecule has 33 heavy (non-hydrogen) atoms. The van der Waals surface area contributed by atoms with Gasteiger partial charge in [0.1, 0.15) is 13.2 Å². The van der Waals surface area contributed by atoms with E-state index in [2.05, 4.69) is 11.6 Å². The van der Waals surface area contributed by atoms with Crippen LogP contribution in [-0.2, 0) is 0 Å². The number of aromatic nitrogens is 2. The van der Waals surface area contributed by atoms with Crippen LogP contribution in [0.2, 0.25) is 0 Å². The number of benzene rings is 2. The van der Waals surface area contributed by atoms with E-state index in [4.69, 9.17) is 28.9 Å². The highest BCUT2D eigenvalue weighted by Gasteiger charge is 2.08. The van der Waals surface area contributed by atoms with Gasteiger partial charge in [-0.15, -0.1) is 4.57 Å². The second-order valence-corrected chi connectivity index (χ2v) is 7.00. The van der Waals surface area contributed by atoms with Crippen molar-refractivity contribution in [2.45, 2.75) is 0 Å². The van der Waals surface area contributed by atoms with E-state index in [0.29, 0.717) is 46.2 Å². The molecule has 4 aromatic rings. The quantitative estimate of drug-likeness (QED) is 0.394. The maximum Gasteiger partial charge on any atom is 0.260 e. The number of H-pyrrole nitrogens is 1. The fourth-order valence-corrected chi connectivity index (χ4v) is 3.29. The number of rotatable bonds is 8. The number of methoxy groups -OCH3 is 2. The molecule has 0 aliphatic rings.